The quantitative estimate of drug-likeness (QED) is 0.878. The van der Waals surface area contributed by atoms with E-state index in [1.54, 1.807) is 41.3 Å². The Hall–Kier alpha value is -3.09. The van der Waals surface area contributed by atoms with Gasteiger partial charge in [-0.05, 0) is 24.3 Å². The third kappa shape index (κ3) is 3.55. The lowest BCUT2D eigenvalue weighted by Gasteiger charge is -2.38. The number of rotatable bonds is 4. The van der Waals surface area contributed by atoms with Crippen LogP contribution >= 0.6 is 0 Å². The van der Waals surface area contributed by atoms with Crippen molar-refractivity contribution in [2.45, 2.75) is 18.4 Å². The Morgan fingerprint density at radius 1 is 1.12 bits per heavy atom. The molecule has 1 saturated heterocycles. The van der Waals surface area contributed by atoms with Gasteiger partial charge in [-0.3, -0.25) is 4.79 Å². The molecule has 1 aromatic heterocycles. The molecular weight excluding hydrogens is 322 g/mol. The fourth-order valence-electron chi connectivity index (χ4n) is 2.86. The monoisotopic (exact) mass is 341 g/mol. The Balaban J connectivity index is 1.70. The number of nitrogens with two attached hydrogens (primary N) is 1. The standard InChI is InChI=1S/C18H19N3O4/c19-15-7-6-13(12-20-15)16(22)21-10-8-18(9-11-21,17(23)24)25-14-4-2-1-3-5-14/h1-7,12H,8-11H2,(H2,19,20)(H,23,24). The summed E-state index contributed by atoms with van der Waals surface area (Å²) in [6.45, 7) is 0.588. The summed E-state index contributed by atoms with van der Waals surface area (Å²) in [6, 6.07) is 12.0. The highest BCUT2D eigenvalue weighted by molar-refractivity contribution is 5.94. The number of ether oxygens (including phenoxy) is 1. The number of para-hydroxylation sites is 1. The molecule has 130 valence electrons. The van der Waals surface area contributed by atoms with Gasteiger partial charge in [0.05, 0.1) is 5.56 Å². The smallest absolute Gasteiger partial charge is 0.348 e. The number of nitrogens with zero attached hydrogens (tertiary/aromatic N) is 2. The molecular formula is C18H19N3O4. The number of anilines is 1. The molecule has 1 amide bonds. The first-order chi connectivity index (χ1) is 12.0. The van der Waals surface area contributed by atoms with Gasteiger partial charge in [-0.15, -0.1) is 0 Å². The van der Waals surface area contributed by atoms with Crippen molar-refractivity contribution in [1.29, 1.82) is 0 Å². The highest BCUT2D eigenvalue weighted by atomic mass is 16.5. The van der Waals surface area contributed by atoms with Gasteiger partial charge in [0.15, 0.2) is 0 Å². The summed E-state index contributed by atoms with van der Waals surface area (Å²) in [5.41, 5.74) is 4.64. The number of pyridine rings is 1. The first kappa shape index (κ1) is 16.8. The van der Waals surface area contributed by atoms with Crippen LogP contribution in [0.5, 0.6) is 5.75 Å². The minimum atomic E-state index is -1.32. The van der Waals surface area contributed by atoms with Crippen LogP contribution in [0.3, 0.4) is 0 Å². The largest absolute Gasteiger partial charge is 0.478 e. The summed E-state index contributed by atoms with van der Waals surface area (Å²) < 4.78 is 5.79. The van der Waals surface area contributed by atoms with Gasteiger partial charge in [0.1, 0.15) is 11.6 Å². The van der Waals surface area contributed by atoms with Crippen LogP contribution in [-0.4, -0.2) is 45.6 Å². The Bertz CT molecular complexity index is 754. The van der Waals surface area contributed by atoms with Crippen molar-refractivity contribution in [3.63, 3.8) is 0 Å². The van der Waals surface area contributed by atoms with Crippen LogP contribution in [0.4, 0.5) is 5.82 Å². The van der Waals surface area contributed by atoms with Crippen molar-refractivity contribution in [2.75, 3.05) is 18.8 Å². The molecule has 25 heavy (non-hydrogen) atoms. The van der Waals surface area contributed by atoms with Crippen LogP contribution < -0.4 is 10.5 Å². The summed E-state index contributed by atoms with van der Waals surface area (Å²) >= 11 is 0. The number of likely N-dealkylation sites (tertiary alicyclic amines) is 1. The summed E-state index contributed by atoms with van der Waals surface area (Å²) in [4.78, 5) is 29.9. The van der Waals surface area contributed by atoms with Crippen molar-refractivity contribution in [1.82, 2.24) is 9.88 Å². The van der Waals surface area contributed by atoms with E-state index in [0.29, 0.717) is 30.2 Å². The van der Waals surface area contributed by atoms with Crippen LogP contribution in [-0.2, 0) is 4.79 Å². The van der Waals surface area contributed by atoms with E-state index in [9.17, 15) is 14.7 Å². The Kier molecular flexibility index (Phi) is 4.56. The van der Waals surface area contributed by atoms with Crippen molar-refractivity contribution in [3.8, 4) is 5.75 Å². The molecule has 3 N–H and O–H groups in total. The third-order valence-electron chi connectivity index (χ3n) is 4.34. The van der Waals surface area contributed by atoms with Crippen LogP contribution in [0.15, 0.2) is 48.7 Å². The number of nitrogen functional groups attached to an aromatic ring is 1. The van der Waals surface area contributed by atoms with E-state index < -0.39 is 11.6 Å². The second-order valence-corrected chi connectivity index (χ2v) is 5.98. The topological polar surface area (TPSA) is 106 Å². The van der Waals surface area contributed by atoms with Gasteiger partial charge in [0.25, 0.3) is 5.91 Å². The molecule has 0 unspecified atom stereocenters. The lowest BCUT2D eigenvalue weighted by molar-refractivity contribution is -0.159. The van der Waals surface area contributed by atoms with Crippen LogP contribution in [0, 0.1) is 0 Å². The molecule has 1 aliphatic heterocycles. The van der Waals surface area contributed by atoms with Crippen molar-refractivity contribution in [3.05, 3.63) is 54.2 Å². The Labute approximate surface area is 145 Å². The predicted octanol–water partition coefficient (Wildman–Crippen LogP) is 1.80. The number of piperidine rings is 1. The molecule has 0 radical (unpaired) electrons. The van der Waals surface area contributed by atoms with Gasteiger partial charge >= 0.3 is 5.97 Å². The summed E-state index contributed by atoms with van der Waals surface area (Å²) in [6.07, 6.45) is 1.86. The van der Waals surface area contributed by atoms with E-state index in [1.807, 2.05) is 6.07 Å². The molecule has 0 saturated carbocycles. The van der Waals surface area contributed by atoms with E-state index in [2.05, 4.69) is 4.98 Å². The number of hydrogen-bond donors (Lipinski definition) is 2. The number of carboxylic acids is 1. The van der Waals surface area contributed by atoms with Gasteiger partial charge in [-0.1, -0.05) is 18.2 Å². The predicted molar refractivity (Wildman–Crippen MR) is 91.2 cm³/mol. The fraction of sp³-hybridized carbons (Fsp3) is 0.278. The fourth-order valence-corrected chi connectivity index (χ4v) is 2.86. The average Bonchev–Trinajstić information content (AvgIpc) is 2.63. The molecule has 0 spiro atoms. The molecule has 1 fully saturated rings. The first-order valence-electron chi connectivity index (χ1n) is 7.98. The maximum atomic E-state index is 12.5. The molecule has 0 aliphatic carbocycles. The second kappa shape index (κ2) is 6.80. The molecule has 2 aromatic rings. The second-order valence-electron chi connectivity index (χ2n) is 5.98. The van der Waals surface area contributed by atoms with E-state index in [-0.39, 0.29) is 18.7 Å². The van der Waals surface area contributed by atoms with Crippen molar-refractivity contribution < 1.29 is 19.4 Å². The highest BCUT2D eigenvalue weighted by Crippen LogP contribution is 2.29. The molecule has 3 rings (SSSR count). The maximum absolute atomic E-state index is 12.5. The number of carboxylic acid groups (broad SMARTS) is 1. The number of benzene rings is 1. The lowest BCUT2D eigenvalue weighted by atomic mass is 9.90. The van der Waals surface area contributed by atoms with Crippen molar-refractivity contribution in [2.24, 2.45) is 0 Å². The molecule has 1 aromatic carbocycles. The SMILES string of the molecule is Nc1ccc(C(=O)N2CCC(Oc3ccccc3)(C(=O)O)CC2)cn1. The van der Waals surface area contributed by atoms with E-state index in [1.165, 1.54) is 6.20 Å². The van der Waals surface area contributed by atoms with Crippen LogP contribution in [0.2, 0.25) is 0 Å². The zero-order chi connectivity index (χ0) is 17.9. The Morgan fingerprint density at radius 2 is 1.80 bits per heavy atom. The summed E-state index contributed by atoms with van der Waals surface area (Å²) in [5, 5.41) is 9.67. The van der Waals surface area contributed by atoms with Crippen LogP contribution in [0.25, 0.3) is 0 Å². The molecule has 1 aliphatic rings. The lowest BCUT2D eigenvalue weighted by Crippen LogP contribution is -2.54. The Morgan fingerprint density at radius 3 is 2.36 bits per heavy atom. The zero-order valence-electron chi connectivity index (χ0n) is 13.6. The van der Waals surface area contributed by atoms with E-state index in [0.717, 1.165) is 0 Å². The number of aromatic nitrogens is 1. The summed E-state index contributed by atoms with van der Waals surface area (Å²) in [7, 11) is 0. The van der Waals surface area contributed by atoms with Gasteiger partial charge in [0, 0.05) is 32.1 Å². The average molecular weight is 341 g/mol. The van der Waals surface area contributed by atoms with Gasteiger partial charge in [0.2, 0.25) is 5.60 Å². The van der Waals surface area contributed by atoms with E-state index >= 15 is 0 Å². The third-order valence-corrected chi connectivity index (χ3v) is 4.34. The maximum Gasteiger partial charge on any atom is 0.348 e. The number of hydrogen-bond acceptors (Lipinski definition) is 5. The number of amides is 1. The number of aliphatic carboxylic acids is 1. The van der Waals surface area contributed by atoms with Gasteiger partial charge in [-0.2, -0.15) is 0 Å². The first-order valence-corrected chi connectivity index (χ1v) is 7.98. The zero-order valence-corrected chi connectivity index (χ0v) is 13.6. The highest BCUT2D eigenvalue weighted by Gasteiger charge is 2.45. The minimum absolute atomic E-state index is 0.189. The molecule has 2 heterocycles. The van der Waals surface area contributed by atoms with Gasteiger partial charge < -0.3 is 20.5 Å². The van der Waals surface area contributed by atoms with E-state index in [4.69, 9.17) is 10.5 Å². The van der Waals surface area contributed by atoms with Gasteiger partial charge in [-0.25, -0.2) is 9.78 Å². The number of carbonyl (C=O) groups excluding carboxylic acids is 1. The molecule has 0 bridgehead atoms. The van der Waals surface area contributed by atoms with Crippen LogP contribution in [0.1, 0.15) is 23.2 Å². The minimum Gasteiger partial charge on any atom is -0.478 e. The molecule has 0 atom stereocenters. The molecule has 7 nitrogen and oxygen atoms in total. The molecule has 7 heteroatoms. The normalized spacial score (nSPS) is 16.2. The summed E-state index contributed by atoms with van der Waals surface area (Å²) in [5.74, 6) is -0.354. The van der Waals surface area contributed by atoms with Crippen molar-refractivity contribution >= 4 is 17.7 Å². The number of carbonyl (C=O) groups is 2.